The summed E-state index contributed by atoms with van der Waals surface area (Å²) in [6, 6.07) is 3.31. The first-order valence-electron chi connectivity index (χ1n) is 7.76. The minimum atomic E-state index is -0.154. The Labute approximate surface area is 131 Å². The van der Waals surface area contributed by atoms with Gasteiger partial charge in [0, 0.05) is 17.1 Å². The van der Waals surface area contributed by atoms with Gasteiger partial charge in [-0.25, -0.2) is 0 Å². The second kappa shape index (κ2) is 7.28. The number of carbonyl (C=O) groups is 1. The van der Waals surface area contributed by atoms with Crippen LogP contribution in [0.15, 0.2) is 12.1 Å². The second-order valence-electron chi connectivity index (χ2n) is 6.00. The van der Waals surface area contributed by atoms with Crippen LogP contribution in [0.4, 0.5) is 0 Å². The number of phenolic OH excluding ortho intramolecular Hbond substituents is 1. The highest BCUT2D eigenvalue weighted by Crippen LogP contribution is 2.30. The van der Waals surface area contributed by atoms with Gasteiger partial charge in [-0.2, -0.15) is 0 Å². The molecule has 1 aromatic rings. The van der Waals surface area contributed by atoms with E-state index in [-0.39, 0.29) is 11.5 Å². The molecule has 1 aromatic carbocycles. The summed E-state index contributed by atoms with van der Waals surface area (Å²) < 4.78 is 0. The number of hydrogen-bond donors (Lipinski definition) is 1. The van der Waals surface area contributed by atoms with Crippen LogP contribution in [0.1, 0.15) is 55.5 Å². The SMILES string of the molecule is CCC1CCCN(Cc2cc(Cl)cc(C(C)=O)c2O)CC1. The molecule has 1 aliphatic rings. The van der Waals surface area contributed by atoms with Crippen LogP contribution < -0.4 is 0 Å². The first-order valence-corrected chi connectivity index (χ1v) is 8.13. The zero-order chi connectivity index (χ0) is 15.4. The summed E-state index contributed by atoms with van der Waals surface area (Å²) in [5, 5.41) is 10.8. The zero-order valence-electron chi connectivity index (χ0n) is 12.9. The number of nitrogens with zero attached hydrogens (tertiary/aromatic N) is 1. The number of aromatic hydroxyl groups is 1. The van der Waals surface area contributed by atoms with Crippen LogP contribution in [0.3, 0.4) is 0 Å². The van der Waals surface area contributed by atoms with Gasteiger partial charge >= 0.3 is 0 Å². The first-order chi connectivity index (χ1) is 10.0. The number of phenols is 1. The van der Waals surface area contributed by atoms with Crippen LogP contribution >= 0.6 is 11.6 Å². The molecule has 1 N–H and O–H groups in total. The number of carbonyl (C=O) groups excluding carboxylic acids is 1. The van der Waals surface area contributed by atoms with Crippen LogP contribution in [0.2, 0.25) is 5.02 Å². The maximum absolute atomic E-state index is 11.6. The Morgan fingerprint density at radius 2 is 2.14 bits per heavy atom. The highest BCUT2D eigenvalue weighted by atomic mass is 35.5. The van der Waals surface area contributed by atoms with Crippen LogP contribution in [-0.2, 0) is 6.54 Å². The Bertz CT molecular complexity index is 516. The van der Waals surface area contributed by atoms with Gasteiger partial charge in [0.05, 0.1) is 5.56 Å². The lowest BCUT2D eigenvalue weighted by molar-refractivity contribution is 0.101. The summed E-state index contributed by atoms with van der Waals surface area (Å²) >= 11 is 6.08. The summed E-state index contributed by atoms with van der Waals surface area (Å²) in [5.41, 5.74) is 1.07. The van der Waals surface area contributed by atoms with Crippen molar-refractivity contribution >= 4 is 17.4 Å². The van der Waals surface area contributed by atoms with E-state index in [0.29, 0.717) is 17.1 Å². The molecule has 0 amide bonds. The Morgan fingerprint density at radius 1 is 1.38 bits per heavy atom. The Balaban J connectivity index is 2.14. The van der Waals surface area contributed by atoms with Gasteiger partial charge in [0.15, 0.2) is 5.78 Å². The largest absolute Gasteiger partial charge is 0.507 e. The Kier molecular flexibility index (Phi) is 5.65. The minimum Gasteiger partial charge on any atom is -0.507 e. The smallest absolute Gasteiger partial charge is 0.163 e. The number of Topliss-reactive ketones (excluding diaryl/α,β-unsaturated/α-hetero) is 1. The van der Waals surface area contributed by atoms with E-state index < -0.39 is 0 Å². The van der Waals surface area contributed by atoms with Crippen LogP contribution in [-0.4, -0.2) is 28.9 Å². The van der Waals surface area contributed by atoms with Crippen molar-refractivity contribution in [2.75, 3.05) is 13.1 Å². The van der Waals surface area contributed by atoms with Crippen molar-refractivity contribution in [3.8, 4) is 5.75 Å². The second-order valence-corrected chi connectivity index (χ2v) is 6.44. The number of halogens is 1. The van der Waals surface area contributed by atoms with Crippen molar-refractivity contribution in [1.82, 2.24) is 4.90 Å². The van der Waals surface area contributed by atoms with E-state index >= 15 is 0 Å². The van der Waals surface area contributed by atoms with Crippen molar-refractivity contribution in [1.29, 1.82) is 0 Å². The average molecular weight is 310 g/mol. The summed E-state index contributed by atoms with van der Waals surface area (Å²) in [7, 11) is 0. The quantitative estimate of drug-likeness (QED) is 0.845. The molecular weight excluding hydrogens is 286 g/mol. The summed E-state index contributed by atoms with van der Waals surface area (Å²) in [5.74, 6) is 0.747. The maximum atomic E-state index is 11.6. The summed E-state index contributed by atoms with van der Waals surface area (Å²) in [6.45, 7) is 6.44. The average Bonchev–Trinajstić information content (AvgIpc) is 2.67. The lowest BCUT2D eigenvalue weighted by atomic mass is 9.98. The van der Waals surface area contributed by atoms with E-state index in [0.717, 1.165) is 24.6 Å². The monoisotopic (exact) mass is 309 g/mol. The molecule has 0 radical (unpaired) electrons. The third-order valence-electron chi connectivity index (χ3n) is 4.44. The highest BCUT2D eigenvalue weighted by Gasteiger charge is 2.19. The van der Waals surface area contributed by atoms with Crippen molar-refractivity contribution in [2.24, 2.45) is 5.92 Å². The minimum absolute atomic E-state index is 0.0863. The van der Waals surface area contributed by atoms with Crippen molar-refractivity contribution in [2.45, 2.75) is 46.1 Å². The van der Waals surface area contributed by atoms with Gasteiger partial charge in [-0.1, -0.05) is 24.9 Å². The molecular formula is C17H24ClNO2. The number of rotatable bonds is 4. The van der Waals surface area contributed by atoms with Gasteiger partial charge in [0.2, 0.25) is 0 Å². The fourth-order valence-corrected chi connectivity index (χ4v) is 3.32. The highest BCUT2D eigenvalue weighted by molar-refractivity contribution is 6.31. The molecule has 116 valence electrons. The molecule has 1 atom stereocenters. The van der Waals surface area contributed by atoms with E-state index in [9.17, 15) is 9.90 Å². The molecule has 3 nitrogen and oxygen atoms in total. The molecule has 21 heavy (non-hydrogen) atoms. The predicted molar refractivity (Wildman–Crippen MR) is 86.0 cm³/mol. The van der Waals surface area contributed by atoms with Gasteiger partial charge < -0.3 is 5.11 Å². The van der Waals surface area contributed by atoms with Gasteiger partial charge in [-0.05, 0) is 57.3 Å². The van der Waals surface area contributed by atoms with Crippen molar-refractivity contribution in [3.05, 3.63) is 28.3 Å². The molecule has 0 saturated carbocycles. The third kappa shape index (κ3) is 4.21. The zero-order valence-corrected chi connectivity index (χ0v) is 13.6. The molecule has 4 heteroatoms. The van der Waals surface area contributed by atoms with Crippen LogP contribution in [0.25, 0.3) is 0 Å². The fourth-order valence-electron chi connectivity index (χ4n) is 3.08. The Morgan fingerprint density at radius 3 is 2.81 bits per heavy atom. The maximum Gasteiger partial charge on any atom is 0.163 e. The fraction of sp³-hybridized carbons (Fsp3) is 0.588. The third-order valence-corrected chi connectivity index (χ3v) is 4.66. The standard InChI is InChI=1S/C17H24ClNO2/c1-3-13-5-4-7-19(8-6-13)11-14-9-15(18)10-16(12(2)20)17(14)21/h9-10,13,21H,3-8,11H2,1-2H3. The summed E-state index contributed by atoms with van der Waals surface area (Å²) in [4.78, 5) is 13.9. The summed E-state index contributed by atoms with van der Waals surface area (Å²) in [6.07, 6.45) is 4.93. The topological polar surface area (TPSA) is 40.5 Å². The number of benzene rings is 1. The van der Waals surface area contributed by atoms with Gasteiger partial charge in [0.25, 0.3) is 0 Å². The molecule has 0 bridgehead atoms. The lowest BCUT2D eigenvalue weighted by Gasteiger charge is -2.21. The van der Waals surface area contributed by atoms with E-state index in [1.54, 1.807) is 6.07 Å². The van der Waals surface area contributed by atoms with Crippen LogP contribution in [0.5, 0.6) is 5.75 Å². The number of hydrogen-bond acceptors (Lipinski definition) is 3. The molecule has 0 spiro atoms. The molecule has 1 fully saturated rings. The van der Waals surface area contributed by atoms with E-state index in [1.165, 1.54) is 38.7 Å². The van der Waals surface area contributed by atoms with E-state index in [4.69, 9.17) is 11.6 Å². The lowest BCUT2D eigenvalue weighted by Crippen LogP contribution is -2.24. The normalized spacial score (nSPS) is 20.2. The van der Waals surface area contributed by atoms with Gasteiger partial charge in [0.1, 0.15) is 5.75 Å². The van der Waals surface area contributed by atoms with E-state index in [1.807, 2.05) is 0 Å². The molecule has 2 rings (SSSR count). The van der Waals surface area contributed by atoms with Crippen molar-refractivity contribution < 1.29 is 9.90 Å². The molecule has 0 aromatic heterocycles. The Hall–Kier alpha value is -1.06. The van der Waals surface area contributed by atoms with Crippen molar-refractivity contribution in [3.63, 3.8) is 0 Å². The molecule has 1 unspecified atom stereocenters. The van der Waals surface area contributed by atoms with E-state index in [2.05, 4.69) is 11.8 Å². The van der Waals surface area contributed by atoms with Crippen LogP contribution in [0, 0.1) is 5.92 Å². The van der Waals surface area contributed by atoms with Gasteiger partial charge in [-0.3, -0.25) is 9.69 Å². The first kappa shape index (κ1) is 16.3. The van der Waals surface area contributed by atoms with Gasteiger partial charge in [-0.15, -0.1) is 0 Å². The molecule has 1 heterocycles. The predicted octanol–water partition coefficient (Wildman–Crippen LogP) is 4.26. The number of likely N-dealkylation sites (tertiary alicyclic amines) is 1. The number of ketones is 1. The molecule has 1 saturated heterocycles. The molecule has 1 aliphatic heterocycles. The molecule has 0 aliphatic carbocycles.